The Morgan fingerprint density at radius 3 is 2.79 bits per heavy atom. The van der Waals surface area contributed by atoms with Crippen LogP contribution in [0.25, 0.3) is 11.0 Å². The molecule has 2 heterocycles. The van der Waals surface area contributed by atoms with Crippen LogP contribution in [0.3, 0.4) is 0 Å². The van der Waals surface area contributed by atoms with E-state index in [1.54, 1.807) is 31.5 Å². The van der Waals surface area contributed by atoms with Gasteiger partial charge in [0.25, 0.3) is 0 Å². The highest BCUT2D eigenvalue weighted by Gasteiger charge is 2.21. The van der Waals surface area contributed by atoms with Gasteiger partial charge in [0.05, 0.1) is 42.2 Å². The highest BCUT2D eigenvalue weighted by Crippen LogP contribution is 2.32. The van der Waals surface area contributed by atoms with Crippen LogP contribution >= 0.6 is 11.6 Å². The van der Waals surface area contributed by atoms with Gasteiger partial charge in [-0.3, -0.25) is 0 Å². The smallest absolute Gasteiger partial charge is 0.340 e. The number of rotatable bonds is 7. The normalized spacial score (nSPS) is 10.9. The van der Waals surface area contributed by atoms with Gasteiger partial charge in [0.15, 0.2) is 0 Å². The number of pyridine rings is 1. The third-order valence-electron chi connectivity index (χ3n) is 4.33. The van der Waals surface area contributed by atoms with Crippen molar-refractivity contribution in [3.8, 4) is 5.88 Å². The van der Waals surface area contributed by atoms with Crippen LogP contribution in [0.2, 0.25) is 5.02 Å². The second-order valence-corrected chi connectivity index (χ2v) is 6.52. The molecule has 0 aliphatic carbocycles. The van der Waals surface area contributed by atoms with Crippen LogP contribution in [0, 0.1) is 6.92 Å². The number of carbonyl (C=O) groups is 1. The number of hydrogen-bond donors (Lipinski definition) is 2. The summed E-state index contributed by atoms with van der Waals surface area (Å²) < 4.78 is 11.9. The number of anilines is 2. The molecular weight excluding hydrogens is 384 g/mol. The molecule has 0 aliphatic rings. The zero-order valence-corrected chi connectivity index (χ0v) is 16.6. The van der Waals surface area contributed by atoms with Gasteiger partial charge in [-0.05, 0) is 31.0 Å². The van der Waals surface area contributed by atoms with Gasteiger partial charge in [-0.2, -0.15) is 0 Å². The van der Waals surface area contributed by atoms with Gasteiger partial charge in [-0.1, -0.05) is 11.6 Å². The van der Waals surface area contributed by atoms with E-state index in [4.69, 9.17) is 21.1 Å². The van der Waals surface area contributed by atoms with Gasteiger partial charge >= 0.3 is 5.97 Å². The summed E-state index contributed by atoms with van der Waals surface area (Å²) in [4.78, 5) is 21.1. The molecule has 148 valence electrons. The first-order valence-corrected chi connectivity index (χ1v) is 9.03. The van der Waals surface area contributed by atoms with Gasteiger partial charge in [-0.25, -0.2) is 14.8 Å². The quantitative estimate of drug-likeness (QED) is 0.583. The van der Waals surface area contributed by atoms with E-state index >= 15 is 0 Å². The number of aliphatic hydroxyl groups excluding tert-OH is 1. The van der Waals surface area contributed by atoms with Gasteiger partial charge in [-0.15, -0.1) is 0 Å². The molecular formula is C19H21ClN4O4. The average molecular weight is 405 g/mol. The van der Waals surface area contributed by atoms with Crippen molar-refractivity contribution in [2.45, 2.75) is 19.9 Å². The Balaban J connectivity index is 2.16. The molecule has 0 aliphatic heterocycles. The van der Waals surface area contributed by atoms with Crippen molar-refractivity contribution in [2.75, 3.05) is 26.1 Å². The van der Waals surface area contributed by atoms with E-state index in [2.05, 4.69) is 15.3 Å². The Morgan fingerprint density at radius 1 is 1.36 bits per heavy atom. The number of nitrogens with one attached hydrogen (secondary N) is 1. The van der Waals surface area contributed by atoms with Crippen LogP contribution in [-0.4, -0.2) is 46.4 Å². The van der Waals surface area contributed by atoms with Crippen LogP contribution in [-0.2, 0) is 11.3 Å². The summed E-state index contributed by atoms with van der Waals surface area (Å²) in [6, 6.07) is 5.02. The minimum absolute atomic E-state index is 0.00362. The number of esters is 1. The SMILES string of the molecule is COC(=O)c1ccc(Cl)c2nc(Nc3cnc(OC)cc3C)n(CCCO)c12. The van der Waals surface area contributed by atoms with E-state index in [1.807, 2.05) is 11.5 Å². The summed E-state index contributed by atoms with van der Waals surface area (Å²) in [6.45, 7) is 2.35. The molecule has 3 aromatic rings. The lowest BCUT2D eigenvalue weighted by Gasteiger charge is -2.13. The number of ether oxygens (including phenoxy) is 2. The molecule has 0 saturated heterocycles. The lowest BCUT2D eigenvalue weighted by Crippen LogP contribution is -2.10. The Labute approximate surface area is 167 Å². The van der Waals surface area contributed by atoms with Crippen LogP contribution < -0.4 is 10.1 Å². The third kappa shape index (κ3) is 3.74. The first-order valence-electron chi connectivity index (χ1n) is 8.65. The summed E-state index contributed by atoms with van der Waals surface area (Å²) >= 11 is 6.34. The van der Waals surface area contributed by atoms with E-state index in [9.17, 15) is 9.90 Å². The van der Waals surface area contributed by atoms with E-state index in [0.29, 0.717) is 46.4 Å². The number of benzene rings is 1. The Bertz CT molecular complexity index is 1020. The van der Waals surface area contributed by atoms with E-state index in [0.717, 1.165) is 11.3 Å². The highest BCUT2D eigenvalue weighted by molar-refractivity contribution is 6.35. The Kier molecular flexibility index (Phi) is 6.01. The van der Waals surface area contributed by atoms with Crippen molar-refractivity contribution in [3.05, 3.63) is 40.5 Å². The molecule has 1 aromatic carbocycles. The molecule has 28 heavy (non-hydrogen) atoms. The molecule has 0 fully saturated rings. The standard InChI is InChI=1S/C19H21ClN4O4/c1-11-9-15(27-2)21-10-14(11)22-19-23-16-13(20)6-5-12(18(26)28-3)17(16)24(19)7-4-8-25/h5-6,9-10,25H,4,7-8H2,1-3H3,(H,22,23). The van der Waals surface area contributed by atoms with Crippen molar-refractivity contribution in [3.63, 3.8) is 0 Å². The summed E-state index contributed by atoms with van der Waals surface area (Å²) in [6.07, 6.45) is 2.12. The Hall–Kier alpha value is -2.84. The second kappa shape index (κ2) is 8.45. The third-order valence-corrected chi connectivity index (χ3v) is 4.64. The molecule has 2 aromatic heterocycles. The molecule has 9 heteroatoms. The minimum atomic E-state index is -0.486. The Morgan fingerprint density at radius 2 is 2.14 bits per heavy atom. The van der Waals surface area contributed by atoms with Crippen molar-refractivity contribution < 1.29 is 19.4 Å². The van der Waals surface area contributed by atoms with Gasteiger partial charge in [0.2, 0.25) is 11.8 Å². The molecule has 0 unspecified atom stereocenters. The first kappa shape index (κ1) is 19.9. The largest absolute Gasteiger partial charge is 0.481 e. The molecule has 0 amide bonds. The number of hydrogen-bond acceptors (Lipinski definition) is 7. The lowest BCUT2D eigenvalue weighted by atomic mass is 10.2. The molecule has 2 N–H and O–H groups in total. The molecule has 0 bridgehead atoms. The molecule has 0 spiro atoms. The van der Waals surface area contributed by atoms with E-state index in [-0.39, 0.29) is 6.61 Å². The van der Waals surface area contributed by atoms with E-state index in [1.165, 1.54) is 7.11 Å². The van der Waals surface area contributed by atoms with Crippen molar-refractivity contribution >= 4 is 40.2 Å². The number of carbonyl (C=O) groups excluding carboxylic acids is 1. The number of aryl methyl sites for hydroxylation is 2. The van der Waals surface area contributed by atoms with Crippen molar-refractivity contribution in [1.82, 2.24) is 14.5 Å². The number of aliphatic hydroxyl groups is 1. The monoisotopic (exact) mass is 404 g/mol. The topological polar surface area (TPSA) is 98.5 Å². The van der Waals surface area contributed by atoms with Crippen LogP contribution in [0.5, 0.6) is 5.88 Å². The number of aromatic nitrogens is 3. The maximum Gasteiger partial charge on any atom is 0.340 e. The molecule has 3 rings (SSSR count). The number of nitrogens with zero attached hydrogens (tertiary/aromatic N) is 3. The predicted molar refractivity (Wildman–Crippen MR) is 107 cm³/mol. The number of fused-ring (bicyclic) bond motifs is 1. The maximum absolute atomic E-state index is 12.3. The predicted octanol–water partition coefficient (Wildman–Crippen LogP) is 3.31. The van der Waals surface area contributed by atoms with Crippen molar-refractivity contribution in [2.24, 2.45) is 0 Å². The molecule has 8 nitrogen and oxygen atoms in total. The maximum atomic E-state index is 12.3. The number of halogens is 1. The summed E-state index contributed by atoms with van der Waals surface area (Å²) in [5, 5.41) is 13.0. The fraction of sp³-hybridized carbons (Fsp3) is 0.316. The highest BCUT2D eigenvalue weighted by atomic mass is 35.5. The minimum Gasteiger partial charge on any atom is -0.481 e. The molecule has 0 radical (unpaired) electrons. The summed E-state index contributed by atoms with van der Waals surface area (Å²) in [5.74, 6) is 0.505. The fourth-order valence-electron chi connectivity index (χ4n) is 2.92. The van der Waals surface area contributed by atoms with Crippen LogP contribution in [0.15, 0.2) is 24.4 Å². The summed E-state index contributed by atoms with van der Waals surface area (Å²) in [7, 11) is 2.88. The first-order chi connectivity index (χ1) is 13.5. The molecule has 0 atom stereocenters. The lowest BCUT2D eigenvalue weighted by molar-refractivity contribution is 0.0602. The van der Waals surface area contributed by atoms with E-state index < -0.39 is 5.97 Å². The van der Waals surface area contributed by atoms with Gasteiger partial charge in [0, 0.05) is 19.2 Å². The zero-order chi connectivity index (χ0) is 20.3. The van der Waals surface area contributed by atoms with Gasteiger partial charge in [0.1, 0.15) is 5.52 Å². The summed E-state index contributed by atoms with van der Waals surface area (Å²) in [5.41, 5.74) is 3.02. The molecule has 0 saturated carbocycles. The average Bonchev–Trinajstić information content (AvgIpc) is 3.06. The number of methoxy groups -OCH3 is 2. The fourth-order valence-corrected chi connectivity index (χ4v) is 3.11. The van der Waals surface area contributed by atoms with Gasteiger partial charge < -0.3 is 24.5 Å². The van der Waals surface area contributed by atoms with Crippen LogP contribution in [0.4, 0.5) is 11.6 Å². The van der Waals surface area contributed by atoms with Crippen LogP contribution in [0.1, 0.15) is 22.3 Å². The van der Waals surface area contributed by atoms with Crippen molar-refractivity contribution in [1.29, 1.82) is 0 Å². The number of imidazole rings is 1. The second-order valence-electron chi connectivity index (χ2n) is 6.11. The zero-order valence-electron chi connectivity index (χ0n) is 15.8.